The van der Waals surface area contributed by atoms with Gasteiger partial charge in [-0.2, -0.15) is 12.1 Å². The van der Waals surface area contributed by atoms with Crippen molar-refractivity contribution < 1.29 is 68.2 Å². The minimum atomic E-state index is 0. The van der Waals surface area contributed by atoms with Crippen LogP contribution in [0, 0.1) is 25.8 Å². The molecule has 0 N–H and O–H groups in total. The fourth-order valence-corrected chi connectivity index (χ4v) is 1.25. The van der Waals surface area contributed by atoms with Crippen LogP contribution in [-0.4, -0.2) is 33.3 Å². The Bertz CT molecular complexity index is 452. The van der Waals surface area contributed by atoms with E-state index in [9.17, 15) is 9.59 Å². The van der Waals surface area contributed by atoms with Crippen LogP contribution in [0.3, 0.4) is 0 Å². The first kappa shape index (κ1) is 31.5. The maximum absolute atomic E-state index is 11.2. The van der Waals surface area contributed by atoms with Gasteiger partial charge in [-0.05, 0) is 24.5 Å². The Morgan fingerprint density at radius 3 is 2.00 bits per heavy atom. The van der Waals surface area contributed by atoms with Crippen molar-refractivity contribution in [1.82, 2.24) is 15.0 Å². The first-order chi connectivity index (χ1) is 10.2. The van der Waals surface area contributed by atoms with Gasteiger partial charge in [0.15, 0.2) is 0 Å². The second-order valence-electron chi connectivity index (χ2n) is 5.52. The number of hydrogen-bond acceptors (Lipinski definition) is 5. The average molecular weight is 581 g/mol. The van der Waals surface area contributed by atoms with Crippen LogP contribution in [0.5, 0.6) is 0 Å². The minimum Gasteiger partial charge on any atom is -0.545 e. The minimum absolute atomic E-state index is 0. The zero-order valence-corrected chi connectivity index (χ0v) is 20.7. The van der Waals surface area contributed by atoms with E-state index in [-0.39, 0.29) is 71.3 Å². The molecule has 8 heteroatoms. The van der Waals surface area contributed by atoms with Crippen LogP contribution in [0.25, 0.3) is 0 Å². The van der Waals surface area contributed by atoms with Gasteiger partial charge in [0, 0.05) is 71.8 Å². The topological polar surface area (TPSA) is 81.9 Å². The van der Waals surface area contributed by atoms with Gasteiger partial charge in [-0.3, -0.25) is 11.6 Å². The molecule has 1 aromatic rings. The number of hydrogen-bond donors (Lipinski definition) is 0. The summed E-state index contributed by atoms with van der Waals surface area (Å²) in [5.74, 6) is 0.912. The molecule has 0 aliphatic rings. The number of Topliss-reactive ketones (excluding diaryl/α,β-unsaturated/α-hetero) is 2. The zero-order chi connectivity index (χ0) is 17.7. The van der Waals surface area contributed by atoms with E-state index >= 15 is 0 Å². The molecule has 0 saturated heterocycles. The van der Waals surface area contributed by atoms with Crippen molar-refractivity contribution in [1.29, 1.82) is 0 Å². The molecule has 1 aromatic heterocycles. The third-order valence-electron chi connectivity index (χ3n) is 2.59. The summed E-state index contributed by atoms with van der Waals surface area (Å²) in [6, 6.07) is 0. The monoisotopic (exact) mass is 581 g/mol. The van der Waals surface area contributed by atoms with Crippen molar-refractivity contribution in [2.75, 3.05) is 0 Å². The maximum atomic E-state index is 11.2. The number of aromatic nitrogens is 3. The van der Waals surface area contributed by atoms with Crippen molar-refractivity contribution in [3.05, 3.63) is 25.9 Å². The fourth-order valence-electron chi connectivity index (χ4n) is 1.25. The van der Waals surface area contributed by atoms with Crippen molar-refractivity contribution in [3.8, 4) is 0 Å². The first-order valence-electron chi connectivity index (χ1n) is 7.05. The molecule has 1 radical (unpaired) electrons. The van der Waals surface area contributed by atoms with Gasteiger partial charge in [-0.25, -0.2) is 0 Å². The Morgan fingerprint density at radius 1 is 1.25 bits per heavy atom. The van der Waals surface area contributed by atoms with Gasteiger partial charge in [0.25, 0.3) is 0 Å². The third kappa shape index (κ3) is 19.7. The quantitative estimate of drug-likeness (QED) is 0.381. The van der Waals surface area contributed by atoms with E-state index in [1.807, 2.05) is 13.8 Å². The Labute approximate surface area is 185 Å². The fraction of sp³-hybridized carbons (Fsp3) is 0.562. The summed E-state index contributed by atoms with van der Waals surface area (Å²) in [4.78, 5) is 29.2. The summed E-state index contributed by atoms with van der Waals surface area (Å²) in [6.07, 6.45) is 3.62. The van der Waals surface area contributed by atoms with Crippen LogP contribution >= 0.6 is 0 Å². The molecule has 0 fully saturated rings. The van der Waals surface area contributed by atoms with Crippen LogP contribution in [0.2, 0.25) is 0 Å². The summed E-state index contributed by atoms with van der Waals surface area (Å²) in [5, 5.41) is 7.40. The molecular formula is C16H26N3O3WY-3. The van der Waals surface area contributed by atoms with E-state index in [0.29, 0.717) is 24.5 Å². The predicted molar refractivity (Wildman–Crippen MR) is 85.5 cm³/mol. The van der Waals surface area contributed by atoms with Gasteiger partial charge in [0.05, 0.1) is 0 Å². The smallest absolute Gasteiger partial charge is 0.139 e. The van der Waals surface area contributed by atoms with E-state index in [0.717, 1.165) is 6.42 Å². The Hall–Kier alpha value is -0.318. The molecule has 24 heavy (non-hydrogen) atoms. The average Bonchev–Trinajstić information content (AvgIpc) is 2.84. The predicted octanol–water partition coefficient (Wildman–Crippen LogP) is 2.23. The summed E-state index contributed by atoms with van der Waals surface area (Å²) in [6.45, 7) is 14.5. The molecular weight excluding hydrogens is 555 g/mol. The molecule has 6 nitrogen and oxygen atoms in total. The summed E-state index contributed by atoms with van der Waals surface area (Å²) in [5.41, 5.74) is 0.684. The second kappa shape index (κ2) is 19.0. The molecule has 0 aliphatic heterocycles. The van der Waals surface area contributed by atoms with Gasteiger partial charge < -0.3 is 21.2 Å². The molecule has 0 aromatic carbocycles. The van der Waals surface area contributed by atoms with E-state index in [1.165, 1.54) is 4.68 Å². The Balaban J connectivity index is -0.000000148. The largest absolute Gasteiger partial charge is 0.545 e. The van der Waals surface area contributed by atoms with Crippen molar-refractivity contribution in [2.24, 2.45) is 11.8 Å². The molecule has 0 amide bonds. The van der Waals surface area contributed by atoms with Crippen LogP contribution in [0.1, 0.15) is 46.2 Å². The molecule has 0 atom stereocenters. The number of nitrogens with zero attached hydrogens (tertiary/aromatic N) is 3. The van der Waals surface area contributed by atoms with Crippen molar-refractivity contribution in [3.63, 3.8) is 0 Å². The van der Waals surface area contributed by atoms with Crippen LogP contribution in [0.4, 0.5) is 0 Å². The van der Waals surface area contributed by atoms with Crippen LogP contribution < -0.4 is 0 Å². The Kier molecular flexibility index (Phi) is 24.9. The van der Waals surface area contributed by atoms with E-state index < -0.39 is 0 Å². The van der Waals surface area contributed by atoms with Gasteiger partial charge in [0.2, 0.25) is 0 Å². The van der Waals surface area contributed by atoms with Gasteiger partial charge in [-0.15, -0.1) is 5.21 Å². The number of rotatable bonds is 6. The number of ketones is 2. The van der Waals surface area contributed by atoms with Crippen molar-refractivity contribution in [2.45, 2.75) is 47.0 Å². The number of carbonyl (C=O) groups is 2. The maximum Gasteiger partial charge on any atom is 0.139 e. The molecule has 0 saturated carbocycles. The van der Waals surface area contributed by atoms with E-state index in [1.54, 1.807) is 6.20 Å². The SMILES string of the molecule is [CH-]=O.[CH2-]C(=O)CCC(C)C.[CH2-]n1cc(CC(=O)C(C)C)nn1.[W].[Y]. The van der Waals surface area contributed by atoms with Gasteiger partial charge >= 0.3 is 0 Å². The summed E-state index contributed by atoms with van der Waals surface area (Å²) in [7, 11) is 3.53. The third-order valence-corrected chi connectivity index (χ3v) is 2.59. The van der Waals surface area contributed by atoms with Crippen LogP contribution in [-0.2, 0) is 74.6 Å². The van der Waals surface area contributed by atoms with Gasteiger partial charge in [-0.1, -0.05) is 33.9 Å². The molecule has 1 heterocycles. The summed E-state index contributed by atoms with van der Waals surface area (Å²) < 4.78 is 1.35. The zero-order valence-electron chi connectivity index (χ0n) is 14.9. The summed E-state index contributed by atoms with van der Waals surface area (Å²) >= 11 is 0. The van der Waals surface area contributed by atoms with E-state index in [2.05, 4.69) is 44.9 Å². The molecule has 0 aliphatic carbocycles. The standard InChI is InChI=1S/C8H12N3O.C7H13O.CHO.W.Y/c1-6(2)8(12)4-7-5-11(3)10-9-7;1-6(2)4-5-7(3)8;1-2;;/h5-6H,3-4H2,1-2H3;6H,3-5H2,1-2H3;1H;;/q3*-1;;. The van der Waals surface area contributed by atoms with Crippen LogP contribution in [0.15, 0.2) is 6.20 Å². The van der Waals surface area contributed by atoms with Crippen molar-refractivity contribution >= 4 is 18.4 Å². The normalized spacial score (nSPS) is 8.75. The van der Waals surface area contributed by atoms with Gasteiger partial charge in [0.1, 0.15) is 5.78 Å². The second-order valence-corrected chi connectivity index (χ2v) is 5.52. The first-order valence-corrected chi connectivity index (χ1v) is 7.05. The molecule has 1 rings (SSSR count). The molecule has 0 unspecified atom stereocenters. The molecule has 0 bridgehead atoms. The molecule has 0 spiro atoms. The molecule has 135 valence electrons. The Morgan fingerprint density at radius 2 is 1.75 bits per heavy atom. The van der Waals surface area contributed by atoms with E-state index in [4.69, 9.17) is 4.79 Å². The number of carbonyl (C=O) groups excluding carboxylic acids is 3.